The summed E-state index contributed by atoms with van der Waals surface area (Å²) in [6.07, 6.45) is 1.53. The summed E-state index contributed by atoms with van der Waals surface area (Å²) in [5.41, 5.74) is 0.594. The van der Waals surface area contributed by atoms with Gasteiger partial charge in [0.1, 0.15) is 5.75 Å². The Kier molecular flexibility index (Phi) is 1.83. The molecular weight excluding hydrogens is 168 g/mol. The molecule has 1 fully saturated rings. The largest absolute Gasteiger partial charge is 0.507 e. The smallest absolute Gasteiger partial charge is 0.222 e. The van der Waals surface area contributed by atoms with E-state index in [-0.39, 0.29) is 12.5 Å². The van der Waals surface area contributed by atoms with Crippen LogP contribution in [0.3, 0.4) is 0 Å². The number of hydrogen-bond acceptors (Lipinski definition) is 3. The van der Waals surface area contributed by atoms with Crippen molar-refractivity contribution in [2.45, 2.75) is 5.79 Å². The summed E-state index contributed by atoms with van der Waals surface area (Å²) in [6, 6.07) is 6.89. The Bertz CT molecular complexity index is 329. The van der Waals surface area contributed by atoms with E-state index < -0.39 is 5.79 Å². The van der Waals surface area contributed by atoms with E-state index in [9.17, 15) is 5.11 Å². The van der Waals surface area contributed by atoms with E-state index in [2.05, 4.69) is 6.58 Å². The Labute approximate surface area is 76.2 Å². The molecule has 0 aromatic heterocycles. The van der Waals surface area contributed by atoms with Gasteiger partial charge >= 0.3 is 0 Å². The van der Waals surface area contributed by atoms with Gasteiger partial charge in [0.25, 0.3) is 0 Å². The minimum absolute atomic E-state index is 0.155. The molecule has 2 rings (SSSR count). The highest BCUT2D eigenvalue weighted by Gasteiger charge is 2.40. The molecule has 1 saturated heterocycles. The molecule has 3 heteroatoms. The third kappa shape index (κ3) is 1.13. The second-order valence-corrected chi connectivity index (χ2v) is 2.80. The highest BCUT2D eigenvalue weighted by molar-refractivity contribution is 5.38. The molecule has 0 unspecified atom stereocenters. The summed E-state index contributed by atoms with van der Waals surface area (Å²) in [6.45, 7) is 3.85. The third-order valence-corrected chi connectivity index (χ3v) is 2.09. The van der Waals surface area contributed by atoms with Crippen LogP contribution in [0.5, 0.6) is 5.75 Å². The Balaban J connectivity index is 2.44. The SMILES string of the molecule is C=CC1(c2ccccc2O)OCO1. The monoisotopic (exact) mass is 178 g/mol. The van der Waals surface area contributed by atoms with E-state index >= 15 is 0 Å². The second kappa shape index (κ2) is 2.87. The Morgan fingerprint density at radius 2 is 2.08 bits per heavy atom. The molecule has 1 aromatic carbocycles. The van der Waals surface area contributed by atoms with Crippen LogP contribution >= 0.6 is 0 Å². The lowest BCUT2D eigenvalue weighted by Crippen LogP contribution is -2.41. The van der Waals surface area contributed by atoms with Gasteiger partial charge in [-0.15, -0.1) is 0 Å². The zero-order valence-corrected chi connectivity index (χ0v) is 7.06. The maximum absolute atomic E-state index is 9.53. The molecule has 1 aliphatic heterocycles. The highest BCUT2D eigenvalue weighted by Crippen LogP contribution is 2.39. The quantitative estimate of drug-likeness (QED) is 0.701. The van der Waals surface area contributed by atoms with Gasteiger partial charge in [-0.2, -0.15) is 0 Å². The maximum atomic E-state index is 9.53. The number of aromatic hydroxyl groups is 1. The molecule has 0 atom stereocenters. The first-order valence-corrected chi connectivity index (χ1v) is 3.98. The second-order valence-electron chi connectivity index (χ2n) is 2.80. The lowest BCUT2D eigenvalue weighted by molar-refractivity contribution is -0.382. The summed E-state index contributed by atoms with van der Waals surface area (Å²) in [5, 5.41) is 9.53. The van der Waals surface area contributed by atoms with Gasteiger partial charge in [-0.25, -0.2) is 0 Å². The predicted molar refractivity (Wildman–Crippen MR) is 47.0 cm³/mol. The molecule has 68 valence electrons. The fourth-order valence-corrected chi connectivity index (χ4v) is 1.34. The van der Waals surface area contributed by atoms with Crippen LogP contribution in [-0.2, 0) is 15.3 Å². The van der Waals surface area contributed by atoms with E-state index in [1.165, 1.54) is 6.08 Å². The number of para-hydroxylation sites is 1. The lowest BCUT2D eigenvalue weighted by Gasteiger charge is -2.39. The zero-order valence-electron chi connectivity index (χ0n) is 7.06. The van der Waals surface area contributed by atoms with Gasteiger partial charge in [-0.1, -0.05) is 18.7 Å². The summed E-state index contributed by atoms with van der Waals surface area (Å²) in [7, 11) is 0. The Hall–Kier alpha value is -1.32. The van der Waals surface area contributed by atoms with Gasteiger partial charge < -0.3 is 14.6 Å². The van der Waals surface area contributed by atoms with Crippen molar-refractivity contribution in [3.63, 3.8) is 0 Å². The van der Waals surface area contributed by atoms with E-state index in [1.54, 1.807) is 18.2 Å². The van der Waals surface area contributed by atoms with Crippen LogP contribution in [0.4, 0.5) is 0 Å². The van der Waals surface area contributed by atoms with Crippen LogP contribution in [0, 0.1) is 0 Å². The van der Waals surface area contributed by atoms with E-state index in [0.717, 1.165) is 0 Å². The molecule has 0 bridgehead atoms. The van der Waals surface area contributed by atoms with Gasteiger partial charge in [0.05, 0.1) is 5.56 Å². The van der Waals surface area contributed by atoms with Crippen LogP contribution in [-0.4, -0.2) is 11.9 Å². The number of phenolic OH excluding ortho intramolecular Hbond substituents is 1. The Morgan fingerprint density at radius 3 is 2.54 bits per heavy atom. The summed E-state index contributed by atoms with van der Waals surface area (Å²) >= 11 is 0. The first-order chi connectivity index (χ1) is 6.28. The molecule has 0 amide bonds. The van der Waals surface area contributed by atoms with Crippen LogP contribution in [0.1, 0.15) is 5.56 Å². The number of hydrogen-bond donors (Lipinski definition) is 1. The van der Waals surface area contributed by atoms with Crippen molar-refractivity contribution in [2.24, 2.45) is 0 Å². The summed E-state index contributed by atoms with van der Waals surface area (Å²) < 4.78 is 10.5. The van der Waals surface area contributed by atoms with Crippen molar-refractivity contribution in [3.05, 3.63) is 42.5 Å². The standard InChI is InChI=1S/C10H10O3/c1-2-10(12-7-13-10)8-5-3-4-6-9(8)11/h2-6,11H,1,7H2. The van der Waals surface area contributed by atoms with Gasteiger partial charge in [0.2, 0.25) is 5.79 Å². The normalized spacial score (nSPS) is 19.1. The van der Waals surface area contributed by atoms with Crippen LogP contribution in [0.25, 0.3) is 0 Å². The molecule has 1 N–H and O–H groups in total. The van der Waals surface area contributed by atoms with Crippen molar-refractivity contribution >= 4 is 0 Å². The van der Waals surface area contributed by atoms with E-state index in [0.29, 0.717) is 5.56 Å². The highest BCUT2D eigenvalue weighted by atomic mass is 16.9. The van der Waals surface area contributed by atoms with Crippen molar-refractivity contribution < 1.29 is 14.6 Å². The molecule has 0 spiro atoms. The first kappa shape index (κ1) is 8.29. The van der Waals surface area contributed by atoms with Crippen LogP contribution in [0.2, 0.25) is 0 Å². The van der Waals surface area contributed by atoms with Gasteiger partial charge in [0.15, 0.2) is 6.79 Å². The fourth-order valence-electron chi connectivity index (χ4n) is 1.34. The summed E-state index contributed by atoms with van der Waals surface area (Å²) in [4.78, 5) is 0. The van der Waals surface area contributed by atoms with Crippen molar-refractivity contribution in [1.29, 1.82) is 0 Å². The number of ether oxygens (including phenoxy) is 2. The minimum Gasteiger partial charge on any atom is -0.507 e. The molecule has 0 radical (unpaired) electrons. The molecule has 1 aromatic rings. The fraction of sp³-hybridized carbons (Fsp3) is 0.200. The van der Waals surface area contributed by atoms with E-state index in [1.807, 2.05) is 6.07 Å². The van der Waals surface area contributed by atoms with Gasteiger partial charge in [-0.3, -0.25) is 0 Å². The molecule has 13 heavy (non-hydrogen) atoms. The number of phenols is 1. The maximum Gasteiger partial charge on any atom is 0.222 e. The van der Waals surface area contributed by atoms with Crippen LogP contribution in [0.15, 0.2) is 36.9 Å². The Morgan fingerprint density at radius 1 is 1.38 bits per heavy atom. The average molecular weight is 178 g/mol. The minimum atomic E-state index is -0.939. The molecular formula is C10H10O3. The van der Waals surface area contributed by atoms with Crippen molar-refractivity contribution in [2.75, 3.05) is 6.79 Å². The molecule has 0 saturated carbocycles. The summed E-state index contributed by atoms with van der Waals surface area (Å²) in [5.74, 6) is -0.784. The van der Waals surface area contributed by atoms with Crippen LogP contribution < -0.4 is 0 Å². The van der Waals surface area contributed by atoms with E-state index in [4.69, 9.17) is 9.47 Å². The van der Waals surface area contributed by atoms with Crippen molar-refractivity contribution in [1.82, 2.24) is 0 Å². The topological polar surface area (TPSA) is 38.7 Å². The third-order valence-electron chi connectivity index (χ3n) is 2.09. The zero-order chi connectivity index (χ0) is 9.31. The van der Waals surface area contributed by atoms with Crippen molar-refractivity contribution in [3.8, 4) is 5.75 Å². The molecule has 3 nitrogen and oxygen atoms in total. The average Bonchev–Trinajstić information content (AvgIpc) is 2.07. The number of benzene rings is 1. The first-order valence-electron chi connectivity index (χ1n) is 3.98. The lowest BCUT2D eigenvalue weighted by atomic mass is 10.0. The molecule has 1 heterocycles. The van der Waals surface area contributed by atoms with Gasteiger partial charge in [0, 0.05) is 0 Å². The molecule has 0 aliphatic carbocycles. The van der Waals surface area contributed by atoms with Gasteiger partial charge in [-0.05, 0) is 18.2 Å². The predicted octanol–water partition coefficient (Wildman–Crippen LogP) is 1.74. The molecule has 1 aliphatic rings. The number of rotatable bonds is 2.